The van der Waals surface area contributed by atoms with Gasteiger partial charge in [-0.2, -0.15) is 0 Å². The first-order valence-corrected chi connectivity index (χ1v) is 11.2. The number of hydrogen-bond acceptors (Lipinski definition) is 3. The van der Waals surface area contributed by atoms with Gasteiger partial charge in [-0.1, -0.05) is 30.7 Å². The summed E-state index contributed by atoms with van der Waals surface area (Å²) in [5.41, 5.74) is 2.12. The summed E-state index contributed by atoms with van der Waals surface area (Å²) >= 11 is 6.23. The quantitative estimate of drug-likeness (QED) is 0.552. The summed E-state index contributed by atoms with van der Waals surface area (Å²) in [7, 11) is 0. The van der Waals surface area contributed by atoms with Gasteiger partial charge in [0.1, 0.15) is 5.75 Å². The Balaban J connectivity index is 1.25. The number of likely N-dealkylation sites (tertiary alicyclic amines) is 1. The van der Waals surface area contributed by atoms with E-state index < -0.39 is 6.36 Å². The van der Waals surface area contributed by atoms with Crippen LogP contribution in [0.3, 0.4) is 0 Å². The number of rotatable bonds is 7. The van der Waals surface area contributed by atoms with Crippen molar-refractivity contribution in [1.29, 1.82) is 0 Å². The molecule has 0 aromatic heterocycles. The van der Waals surface area contributed by atoms with Crippen molar-refractivity contribution >= 4 is 23.5 Å². The second kappa shape index (κ2) is 9.77. The number of fused-ring (bicyclic) bond motifs is 1. The van der Waals surface area contributed by atoms with E-state index in [1.54, 1.807) is 12.1 Å². The summed E-state index contributed by atoms with van der Waals surface area (Å²) in [5.74, 6) is -0.222. The third kappa shape index (κ3) is 5.79. The fourth-order valence-corrected chi connectivity index (χ4v) is 4.39. The third-order valence-corrected chi connectivity index (χ3v) is 6.15. The summed E-state index contributed by atoms with van der Waals surface area (Å²) in [6.07, 6.45) is 6.56. The maximum absolute atomic E-state index is 12.3. The Morgan fingerprint density at radius 2 is 1.88 bits per heavy atom. The Bertz CT molecular complexity index is 946. The van der Waals surface area contributed by atoms with Gasteiger partial charge in [0.25, 0.3) is 0 Å². The molecule has 32 heavy (non-hydrogen) atoms. The molecule has 0 amide bonds. The second-order valence-corrected chi connectivity index (χ2v) is 8.57. The van der Waals surface area contributed by atoms with E-state index in [-0.39, 0.29) is 18.0 Å². The van der Waals surface area contributed by atoms with Crippen LogP contribution in [0.25, 0.3) is 0 Å². The van der Waals surface area contributed by atoms with Gasteiger partial charge in [0, 0.05) is 25.6 Å². The number of hydrogen-bond donors (Lipinski definition) is 0. The molecule has 1 unspecified atom stereocenters. The molecule has 172 valence electrons. The van der Waals surface area contributed by atoms with E-state index in [0.717, 1.165) is 49.6 Å². The van der Waals surface area contributed by atoms with Crippen LogP contribution in [0, 0.1) is 0 Å². The predicted molar refractivity (Wildman–Crippen MR) is 116 cm³/mol. The van der Waals surface area contributed by atoms with E-state index in [9.17, 15) is 13.2 Å². The van der Waals surface area contributed by atoms with Crippen LogP contribution in [-0.4, -0.2) is 64.4 Å². The van der Waals surface area contributed by atoms with Crippen molar-refractivity contribution in [2.75, 3.05) is 19.8 Å². The third-order valence-electron chi connectivity index (χ3n) is 5.90. The van der Waals surface area contributed by atoms with E-state index in [1.165, 1.54) is 17.8 Å². The molecule has 1 fully saturated rings. The van der Waals surface area contributed by atoms with E-state index in [0.29, 0.717) is 6.61 Å². The average Bonchev–Trinajstić information content (AvgIpc) is 3.10. The van der Waals surface area contributed by atoms with Crippen LogP contribution in [0.5, 0.6) is 5.75 Å². The number of alkyl halides is 3. The van der Waals surface area contributed by atoms with Gasteiger partial charge in [-0.15, -0.1) is 22.3 Å². The minimum atomic E-state index is -4.68. The van der Waals surface area contributed by atoms with Crippen LogP contribution in [0.15, 0.2) is 47.6 Å². The Hall–Kier alpha value is -2.16. The van der Waals surface area contributed by atoms with Gasteiger partial charge in [0.15, 0.2) is 6.20 Å². The van der Waals surface area contributed by atoms with E-state index in [2.05, 4.69) is 38.0 Å². The van der Waals surface area contributed by atoms with Crippen molar-refractivity contribution in [3.8, 4) is 5.75 Å². The Morgan fingerprint density at radius 3 is 2.53 bits per heavy atom. The molecule has 1 aromatic rings. The highest BCUT2D eigenvalue weighted by Crippen LogP contribution is 2.24. The van der Waals surface area contributed by atoms with Gasteiger partial charge in [0.2, 0.25) is 18.6 Å². The number of halogens is 4. The molecular weight excluding hydrogens is 443 g/mol. The van der Waals surface area contributed by atoms with Crippen LogP contribution in [0.1, 0.15) is 31.7 Å². The fourth-order valence-electron chi connectivity index (χ4n) is 4.22. The lowest BCUT2D eigenvalue weighted by Gasteiger charge is -2.30. The van der Waals surface area contributed by atoms with Crippen molar-refractivity contribution in [2.24, 2.45) is 0 Å². The molecule has 3 heterocycles. The largest absolute Gasteiger partial charge is 0.573 e. The van der Waals surface area contributed by atoms with Gasteiger partial charge < -0.3 is 9.47 Å². The lowest BCUT2D eigenvalue weighted by atomic mass is 10.1. The average molecular weight is 470 g/mol. The Labute approximate surface area is 190 Å². The monoisotopic (exact) mass is 469 g/mol. The summed E-state index contributed by atoms with van der Waals surface area (Å²) in [4.78, 5) is 2.43. The summed E-state index contributed by atoms with van der Waals surface area (Å²) in [5, 5.41) is 0.757. The molecule has 1 saturated heterocycles. The molecule has 5 nitrogen and oxygen atoms in total. The van der Waals surface area contributed by atoms with Crippen LogP contribution in [0.2, 0.25) is 0 Å². The molecule has 0 radical (unpaired) electrons. The van der Waals surface area contributed by atoms with Gasteiger partial charge in [-0.3, -0.25) is 0 Å². The first-order valence-electron chi connectivity index (χ1n) is 10.8. The van der Waals surface area contributed by atoms with Crippen molar-refractivity contribution in [2.45, 2.75) is 51.4 Å². The van der Waals surface area contributed by atoms with Crippen LogP contribution < -0.4 is 4.74 Å². The lowest BCUT2D eigenvalue weighted by molar-refractivity contribution is -0.731. The molecule has 4 rings (SSSR count). The second-order valence-electron chi connectivity index (χ2n) is 8.13. The summed E-state index contributed by atoms with van der Waals surface area (Å²) in [6.45, 7) is 5.22. The molecule has 3 aliphatic rings. The summed E-state index contributed by atoms with van der Waals surface area (Å²) < 4.78 is 51.3. The lowest BCUT2D eigenvalue weighted by Crippen LogP contribution is -2.44. The number of benzene rings is 1. The van der Waals surface area contributed by atoms with Crippen molar-refractivity contribution in [3.05, 3.63) is 53.2 Å². The van der Waals surface area contributed by atoms with E-state index in [4.69, 9.17) is 16.3 Å². The maximum atomic E-state index is 12.3. The molecule has 0 saturated carbocycles. The molecule has 0 bridgehead atoms. The number of nitrogens with zero attached hydrogens (tertiary/aromatic N) is 3. The molecule has 1 aromatic carbocycles. The number of piperidine rings is 1. The highest BCUT2D eigenvalue weighted by atomic mass is 35.5. The summed E-state index contributed by atoms with van der Waals surface area (Å²) in [6, 6.07) is 5.83. The molecule has 0 spiro atoms. The van der Waals surface area contributed by atoms with Gasteiger partial charge in [0.05, 0.1) is 23.8 Å². The zero-order chi connectivity index (χ0) is 22.7. The van der Waals surface area contributed by atoms with Crippen LogP contribution in [0.4, 0.5) is 13.2 Å². The van der Waals surface area contributed by atoms with Crippen LogP contribution in [-0.2, 0) is 11.3 Å². The van der Waals surface area contributed by atoms with E-state index >= 15 is 0 Å². The van der Waals surface area contributed by atoms with Gasteiger partial charge in [-0.25, -0.2) is 4.90 Å². The van der Waals surface area contributed by atoms with Gasteiger partial charge >= 0.3 is 12.5 Å². The van der Waals surface area contributed by atoms with Crippen molar-refractivity contribution in [3.63, 3.8) is 0 Å². The van der Waals surface area contributed by atoms with Gasteiger partial charge in [-0.05, 0) is 30.5 Å². The minimum absolute atomic E-state index is 0.126. The first-order chi connectivity index (χ1) is 15.3. The Kier molecular flexibility index (Phi) is 7.02. The van der Waals surface area contributed by atoms with Crippen LogP contribution >= 0.6 is 11.6 Å². The first kappa shape index (κ1) is 23.0. The number of ether oxygens (including phenoxy) is 2. The zero-order valence-corrected chi connectivity index (χ0v) is 18.6. The predicted octanol–water partition coefficient (Wildman–Crippen LogP) is 4.46. The van der Waals surface area contributed by atoms with E-state index in [1.807, 2.05) is 12.3 Å². The SMILES string of the molecule is CCC1=[N+](CN2CCC(OCc3ccc(OC(F)(F)F)cc3)CC2)C2C=C(Cl)C=C[N+]2=C1. The molecule has 9 heteroatoms. The fraction of sp³-hybridized carbons (Fsp3) is 0.478. The highest BCUT2D eigenvalue weighted by molar-refractivity contribution is 6.31. The molecule has 1 atom stereocenters. The van der Waals surface area contributed by atoms with Crippen molar-refractivity contribution < 1.29 is 31.8 Å². The standard InChI is InChI=1S/C23H27ClF3N3O2/c1-2-19-14-29-12-7-18(24)13-22(29)30(19)16-28-10-8-20(9-11-28)31-15-17-3-5-21(6-4-17)32-23(25,26)27/h3-7,12-14,20,22H,2,8-11,15-16H2,1H3/q+2. The molecule has 0 N–H and O–H groups in total. The van der Waals surface area contributed by atoms with Crippen molar-refractivity contribution in [1.82, 2.24) is 4.90 Å². The zero-order valence-electron chi connectivity index (χ0n) is 17.9. The smallest absolute Gasteiger partial charge is 0.406 e. The molecule has 3 aliphatic heterocycles. The Morgan fingerprint density at radius 1 is 1.16 bits per heavy atom. The highest BCUT2D eigenvalue weighted by Gasteiger charge is 2.41. The maximum Gasteiger partial charge on any atom is 0.573 e. The minimum Gasteiger partial charge on any atom is -0.406 e. The molecular formula is C23H27ClF3N3O2+2. The molecule has 0 aliphatic carbocycles. The number of allylic oxidation sites excluding steroid dienone is 2. The normalized spacial score (nSPS) is 22.1. The topological polar surface area (TPSA) is 27.7 Å².